The van der Waals surface area contributed by atoms with Gasteiger partial charge in [-0.1, -0.05) is 12.1 Å². The van der Waals surface area contributed by atoms with Crippen LogP contribution in [0.5, 0.6) is 5.75 Å². The molecular weight excluding hydrogens is 712 g/mol. The van der Waals surface area contributed by atoms with Gasteiger partial charge in [-0.15, -0.1) is 0 Å². The molecule has 0 aliphatic rings. The second-order valence-corrected chi connectivity index (χ2v) is 10.9. The highest BCUT2D eigenvalue weighted by molar-refractivity contribution is 6.00. The molecule has 276 valence electrons. The molecule has 0 spiro atoms. The Morgan fingerprint density at radius 3 is 1.63 bits per heavy atom. The number of para-hydroxylation sites is 1. The predicted molar refractivity (Wildman–Crippen MR) is 160 cm³/mol. The maximum atomic E-state index is 13.2. The molecule has 0 bridgehead atoms. The number of benzene rings is 3. The Kier molecular flexibility index (Phi) is 12.4. The van der Waals surface area contributed by atoms with Gasteiger partial charge in [-0.3, -0.25) is 4.79 Å². The summed E-state index contributed by atoms with van der Waals surface area (Å²) in [5.41, 5.74) is -5.17. The Balaban J connectivity index is 0.000000347. The van der Waals surface area contributed by atoms with Gasteiger partial charge in [0.15, 0.2) is 0 Å². The second kappa shape index (κ2) is 15.6. The number of nitrogens with one attached hydrogen (secondary N) is 1. The van der Waals surface area contributed by atoms with Gasteiger partial charge in [0.1, 0.15) is 11.6 Å². The number of halogens is 12. The molecule has 4 aromatic rings. The normalized spacial score (nSPS) is 12.2. The van der Waals surface area contributed by atoms with Crippen molar-refractivity contribution >= 4 is 5.91 Å². The van der Waals surface area contributed by atoms with Gasteiger partial charge in [0, 0.05) is 31.9 Å². The van der Waals surface area contributed by atoms with Crippen molar-refractivity contribution in [2.45, 2.75) is 44.7 Å². The summed E-state index contributed by atoms with van der Waals surface area (Å²) in [6.07, 6.45) is -18.3. The monoisotopic (exact) mass is 740 g/mol. The van der Waals surface area contributed by atoms with Gasteiger partial charge in [-0.05, 0) is 73.6 Å². The van der Waals surface area contributed by atoms with Crippen LogP contribution in [-0.2, 0) is 37.8 Å². The van der Waals surface area contributed by atoms with E-state index in [4.69, 9.17) is 4.74 Å². The Morgan fingerprint density at radius 1 is 0.745 bits per heavy atom. The first-order valence-electron chi connectivity index (χ1n) is 14.4. The molecule has 4 rings (SSSR count). The van der Waals surface area contributed by atoms with Crippen molar-refractivity contribution in [3.05, 3.63) is 112 Å². The Bertz CT molecular complexity index is 1770. The lowest BCUT2D eigenvalue weighted by Gasteiger charge is -2.21. The third-order valence-electron chi connectivity index (χ3n) is 6.94. The zero-order chi connectivity index (χ0) is 38.5. The van der Waals surface area contributed by atoms with Crippen LogP contribution < -0.4 is 10.1 Å². The van der Waals surface area contributed by atoms with E-state index >= 15 is 0 Å². The molecule has 0 saturated carbocycles. The fourth-order valence-electron chi connectivity index (χ4n) is 4.66. The number of carbonyl (C=O) groups excluding carboxylic acids is 1. The van der Waals surface area contributed by atoms with E-state index in [1.165, 1.54) is 27.4 Å². The molecule has 18 heteroatoms. The summed E-state index contributed by atoms with van der Waals surface area (Å²) in [7, 11) is 4.14. The van der Waals surface area contributed by atoms with Crippen LogP contribution in [0.1, 0.15) is 49.6 Å². The summed E-state index contributed by atoms with van der Waals surface area (Å²) in [5.74, 6) is 0.0877. The summed E-state index contributed by atoms with van der Waals surface area (Å²) in [6.45, 7) is 1.04. The molecule has 0 unspecified atom stereocenters. The van der Waals surface area contributed by atoms with Crippen molar-refractivity contribution < 1.29 is 62.2 Å². The minimum Gasteiger partial charge on any atom is -0.496 e. The molecule has 0 saturated heterocycles. The van der Waals surface area contributed by atoms with E-state index in [1.54, 1.807) is 31.2 Å². The maximum absolute atomic E-state index is 13.2. The summed E-state index contributed by atoms with van der Waals surface area (Å²) >= 11 is 0. The van der Waals surface area contributed by atoms with Crippen molar-refractivity contribution in [2.75, 3.05) is 21.2 Å². The number of alkyl halides is 12. The average molecular weight is 741 g/mol. The number of carbonyl (C=O) groups is 1. The fraction of sp³-hybridized carbons (Fsp3) is 0.303. The number of aryl methyl sites for hydroxylation is 1. The molecule has 1 aromatic heterocycles. The summed E-state index contributed by atoms with van der Waals surface area (Å²) in [6, 6.07) is 9.48. The minimum absolute atomic E-state index is 0.0145. The number of hydrogen-bond donors (Lipinski definition) is 1. The zero-order valence-corrected chi connectivity index (χ0v) is 27.0. The Morgan fingerprint density at radius 2 is 1.20 bits per heavy atom. The quantitative estimate of drug-likeness (QED) is 0.192. The van der Waals surface area contributed by atoms with Crippen molar-refractivity contribution in [2.24, 2.45) is 0 Å². The van der Waals surface area contributed by atoms with Gasteiger partial charge in [0.25, 0.3) is 5.91 Å². The molecule has 0 fully saturated rings. The van der Waals surface area contributed by atoms with Crippen LogP contribution in [-0.4, -0.2) is 42.0 Å². The molecule has 0 atom stereocenters. The first-order valence-corrected chi connectivity index (χ1v) is 14.4. The lowest BCUT2D eigenvalue weighted by molar-refractivity contribution is -0.144. The van der Waals surface area contributed by atoms with E-state index in [9.17, 15) is 57.5 Å². The van der Waals surface area contributed by atoms with Crippen LogP contribution in [0.15, 0.2) is 66.9 Å². The summed E-state index contributed by atoms with van der Waals surface area (Å²) in [5, 5.41) is 2.51. The van der Waals surface area contributed by atoms with E-state index < -0.39 is 59.4 Å². The standard InChI is InChI=1S/C23H19F6N3O2.C10H9F6N/c1-13-30-11-18(20(31-13)17-6-4-5-7-19(17)34-3)21(33)32(2)12-14-8-15(22(24,25)26)10-16(9-14)23(27,28)29;1-17-5-6-2-7(9(11,12)13)4-8(3-6)10(14,15)16/h4-11H,12H2,1-3H3;2-4,17H,5H2,1H3. The number of rotatable bonds is 7. The average Bonchev–Trinajstić information content (AvgIpc) is 3.03. The number of nitrogens with zero attached hydrogens (tertiary/aromatic N) is 3. The number of ether oxygens (including phenoxy) is 1. The molecule has 6 nitrogen and oxygen atoms in total. The van der Waals surface area contributed by atoms with Crippen molar-refractivity contribution in [3.8, 4) is 17.0 Å². The highest BCUT2D eigenvalue weighted by Crippen LogP contribution is 2.38. The number of amides is 1. The largest absolute Gasteiger partial charge is 0.496 e. The Labute approximate surface area is 283 Å². The predicted octanol–water partition coefficient (Wildman–Crippen LogP) is 9.21. The summed E-state index contributed by atoms with van der Waals surface area (Å²) in [4.78, 5) is 22.5. The summed E-state index contributed by atoms with van der Waals surface area (Å²) < 4.78 is 159. The third kappa shape index (κ3) is 10.8. The molecule has 0 aliphatic heterocycles. The van der Waals surface area contributed by atoms with E-state index in [2.05, 4.69) is 15.3 Å². The minimum atomic E-state index is -4.99. The van der Waals surface area contributed by atoms with Gasteiger partial charge < -0.3 is 15.0 Å². The first kappa shape index (κ1) is 40.6. The lowest BCUT2D eigenvalue weighted by Crippen LogP contribution is -2.27. The van der Waals surface area contributed by atoms with Crippen molar-refractivity contribution in [1.82, 2.24) is 20.2 Å². The SMILES string of the molecule is CNCc1cc(C(F)(F)F)cc(C(F)(F)F)c1.COc1ccccc1-c1nc(C)ncc1C(=O)N(C)Cc1cc(C(F)(F)F)cc(C(F)(F)F)c1. The van der Waals surface area contributed by atoms with Crippen LogP contribution in [0.2, 0.25) is 0 Å². The first-order chi connectivity index (χ1) is 23.4. The van der Waals surface area contributed by atoms with Gasteiger partial charge >= 0.3 is 24.7 Å². The zero-order valence-electron chi connectivity index (χ0n) is 27.0. The molecular formula is C33H28F12N4O2. The molecule has 3 aromatic carbocycles. The van der Waals surface area contributed by atoms with Crippen molar-refractivity contribution in [1.29, 1.82) is 0 Å². The highest BCUT2D eigenvalue weighted by Gasteiger charge is 2.38. The third-order valence-corrected chi connectivity index (χ3v) is 6.94. The van der Waals surface area contributed by atoms with Gasteiger partial charge in [-0.2, -0.15) is 52.7 Å². The number of methoxy groups -OCH3 is 1. The van der Waals surface area contributed by atoms with Gasteiger partial charge in [0.2, 0.25) is 0 Å². The van der Waals surface area contributed by atoms with Crippen LogP contribution in [0.25, 0.3) is 11.3 Å². The van der Waals surface area contributed by atoms with Crippen LogP contribution in [0.3, 0.4) is 0 Å². The highest BCUT2D eigenvalue weighted by atomic mass is 19.4. The van der Waals surface area contributed by atoms with Crippen LogP contribution >= 0.6 is 0 Å². The molecule has 1 heterocycles. The maximum Gasteiger partial charge on any atom is 0.416 e. The number of aromatic nitrogens is 2. The topological polar surface area (TPSA) is 67.3 Å². The van der Waals surface area contributed by atoms with E-state index in [0.717, 1.165) is 4.90 Å². The van der Waals surface area contributed by atoms with Gasteiger partial charge in [0.05, 0.1) is 40.6 Å². The smallest absolute Gasteiger partial charge is 0.416 e. The lowest BCUT2D eigenvalue weighted by atomic mass is 10.0. The van der Waals surface area contributed by atoms with E-state index in [1.807, 2.05) is 0 Å². The van der Waals surface area contributed by atoms with Crippen LogP contribution in [0.4, 0.5) is 52.7 Å². The van der Waals surface area contributed by atoms with Gasteiger partial charge in [-0.25, -0.2) is 9.97 Å². The second-order valence-electron chi connectivity index (χ2n) is 10.9. The fourth-order valence-corrected chi connectivity index (χ4v) is 4.66. The number of hydrogen-bond acceptors (Lipinski definition) is 5. The molecule has 51 heavy (non-hydrogen) atoms. The van der Waals surface area contributed by atoms with E-state index in [0.29, 0.717) is 41.4 Å². The molecule has 1 amide bonds. The Hall–Kier alpha value is -4.87. The molecule has 0 aliphatic carbocycles. The van der Waals surface area contributed by atoms with Crippen LogP contribution in [0, 0.1) is 6.92 Å². The molecule has 1 N–H and O–H groups in total. The van der Waals surface area contributed by atoms with E-state index in [-0.39, 0.29) is 41.1 Å². The molecule has 0 radical (unpaired) electrons. The van der Waals surface area contributed by atoms with Crippen molar-refractivity contribution in [3.63, 3.8) is 0 Å².